The Hall–Kier alpha value is -2.14. The maximum absolute atomic E-state index is 12.5. The highest BCUT2D eigenvalue weighted by Crippen LogP contribution is 2.22. The fourth-order valence-electron chi connectivity index (χ4n) is 2.79. The number of thiazole rings is 1. The van der Waals surface area contributed by atoms with E-state index in [1.807, 2.05) is 22.4 Å². The third-order valence-electron chi connectivity index (χ3n) is 4.17. The average Bonchev–Trinajstić information content (AvgIpc) is 3.42. The van der Waals surface area contributed by atoms with Gasteiger partial charge in [0.15, 0.2) is 0 Å². The van der Waals surface area contributed by atoms with Gasteiger partial charge in [-0.2, -0.15) is 4.98 Å². The van der Waals surface area contributed by atoms with Crippen LogP contribution in [0.25, 0.3) is 10.7 Å². The monoisotopic (exact) mass is 390 g/mol. The van der Waals surface area contributed by atoms with Crippen LogP contribution >= 0.6 is 22.7 Å². The molecule has 0 spiro atoms. The number of nitrogens with zero attached hydrogens (tertiary/aromatic N) is 5. The number of amides is 1. The Morgan fingerprint density at radius 1 is 1.23 bits per heavy atom. The maximum Gasteiger partial charge on any atom is 0.273 e. The Morgan fingerprint density at radius 2 is 2.08 bits per heavy atom. The van der Waals surface area contributed by atoms with Crippen molar-refractivity contribution in [2.45, 2.75) is 13.1 Å². The van der Waals surface area contributed by atoms with Crippen molar-refractivity contribution < 1.29 is 9.32 Å². The molecule has 0 radical (unpaired) electrons. The highest BCUT2D eigenvalue weighted by molar-refractivity contribution is 7.13. The van der Waals surface area contributed by atoms with Crippen LogP contribution in [0, 0.1) is 0 Å². The van der Waals surface area contributed by atoms with Crippen molar-refractivity contribution in [2.24, 2.45) is 5.73 Å². The number of piperazine rings is 1. The van der Waals surface area contributed by atoms with Crippen LogP contribution in [0.2, 0.25) is 0 Å². The second-order valence-corrected chi connectivity index (χ2v) is 7.78. The molecule has 1 aliphatic heterocycles. The van der Waals surface area contributed by atoms with E-state index in [0.717, 1.165) is 23.0 Å². The minimum Gasteiger partial charge on any atom is -0.338 e. The molecule has 0 unspecified atom stereocenters. The standard InChI is InChI=1S/C16H18N6O2S2/c17-8-14-18-11(10-26-14)16(23)22-5-3-21(4-6-22)9-13-19-15(20-24-13)12-2-1-7-25-12/h1-2,7,10H,3-6,8-9,17H2. The number of hydrogen-bond donors (Lipinski definition) is 1. The third kappa shape index (κ3) is 3.68. The molecule has 2 N–H and O–H groups in total. The van der Waals surface area contributed by atoms with Crippen molar-refractivity contribution in [1.82, 2.24) is 24.9 Å². The maximum atomic E-state index is 12.5. The first-order valence-electron chi connectivity index (χ1n) is 8.25. The molecule has 10 heteroatoms. The molecule has 1 saturated heterocycles. The third-order valence-corrected chi connectivity index (χ3v) is 5.91. The minimum atomic E-state index is -0.0293. The van der Waals surface area contributed by atoms with E-state index in [1.54, 1.807) is 16.7 Å². The normalized spacial score (nSPS) is 15.5. The van der Waals surface area contributed by atoms with Gasteiger partial charge in [-0.15, -0.1) is 22.7 Å². The van der Waals surface area contributed by atoms with Crippen molar-refractivity contribution in [3.05, 3.63) is 39.5 Å². The van der Waals surface area contributed by atoms with Crippen molar-refractivity contribution >= 4 is 28.6 Å². The number of carbonyl (C=O) groups is 1. The molecular weight excluding hydrogens is 372 g/mol. The molecule has 0 saturated carbocycles. The van der Waals surface area contributed by atoms with E-state index in [-0.39, 0.29) is 5.91 Å². The van der Waals surface area contributed by atoms with Gasteiger partial charge in [0.25, 0.3) is 5.91 Å². The predicted octanol–water partition coefficient (Wildman–Crippen LogP) is 1.67. The van der Waals surface area contributed by atoms with Crippen LogP contribution in [0.4, 0.5) is 0 Å². The van der Waals surface area contributed by atoms with E-state index in [1.165, 1.54) is 11.3 Å². The molecule has 0 aromatic carbocycles. The SMILES string of the molecule is NCc1nc(C(=O)N2CCN(Cc3nc(-c4cccs4)no3)CC2)cs1. The minimum absolute atomic E-state index is 0.0293. The Balaban J connectivity index is 1.31. The molecule has 1 aliphatic rings. The van der Waals surface area contributed by atoms with Gasteiger partial charge >= 0.3 is 0 Å². The van der Waals surface area contributed by atoms with Crippen LogP contribution in [-0.4, -0.2) is 57.0 Å². The summed E-state index contributed by atoms with van der Waals surface area (Å²) in [5, 5.41) is 8.58. The number of thiophene rings is 1. The Bertz CT molecular complexity index is 867. The van der Waals surface area contributed by atoms with Crippen LogP contribution in [0.15, 0.2) is 27.4 Å². The highest BCUT2D eigenvalue weighted by atomic mass is 32.1. The van der Waals surface area contributed by atoms with Crippen molar-refractivity contribution in [2.75, 3.05) is 26.2 Å². The number of rotatable bonds is 5. The Morgan fingerprint density at radius 3 is 2.77 bits per heavy atom. The molecule has 4 rings (SSSR count). The van der Waals surface area contributed by atoms with E-state index < -0.39 is 0 Å². The smallest absolute Gasteiger partial charge is 0.273 e. The lowest BCUT2D eigenvalue weighted by Crippen LogP contribution is -2.48. The van der Waals surface area contributed by atoms with Gasteiger partial charge in [-0.05, 0) is 11.4 Å². The summed E-state index contributed by atoms with van der Waals surface area (Å²) in [6, 6.07) is 3.93. The molecule has 26 heavy (non-hydrogen) atoms. The summed E-state index contributed by atoms with van der Waals surface area (Å²) in [5.41, 5.74) is 6.05. The average molecular weight is 390 g/mol. The number of aromatic nitrogens is 3. The van der Waals surface area contributed by atoms with Gasteiger partial charge in [0.05, 0.1) is 11.4 Å². The first-order chi connectivity index (χ1) is 12.7. The molecule has 1 fully saturated rings. The van der Waals surface area contributed by atoms with Gasteiger partial charge in [-0.25, -0.2) is 4.98 Å². The van der Waals surface area contributed by atoms with E-state index in [0.29, 0.717) is 43.6 Å². The molecule has 0 bridgehead atoms. The fourth-order valence-corrected chi connectivity index (χ4v) is 4.09. The second kappa shape index (κ2) is 7.62. The van der Waals surface area contributed by atoms with E-state index in [4.69, 9.17) is 10.3 Å². The van der Waals surface area contributed by atoms with Crippen LogP contribution < -0.4 is 5.73 Å². The number of nitrogens with two attached hydrogens (primary N) is 1. The predicted molar refractivity (Wildman–Crippen MR) is 98.8 cm³/mol. The van der Waals surface area contributed by atoms with Crippen LogP contribution in [-0.2, 0) is 13.1 Å². The van der Waals surface area contributed by atoms with E-state index in [2.05, 4.69) is 20.0 Å². The molecule has 136 valence electrons. The zero-order valence-corrected chi connectivity index (χ0v) is 15.6. The number of carbonyl (C=O) groups excluding carboxylic acids is 1. The van der Waals surface area contributed by atoms with Gasteiger partial charge in [0.1, 0.15) is 10.7 Å². The zero-order chi connectivity index (χ0) is 17.9. The summed E-state index contributed by atoms with van der Waals surface area (Å²) in [5.74, 6) is 1.20. The summed E-state index contributed by atoms with van der Waals surface area (Å²) in [6.45, 7) is 3.78. The second-order valence-electron chi connectivity index (χ2n) is 5.89. The molecular formula is C16H18N6O2S2. The van der Waals surface area contributed by atoms with Gasteiger partial charge in [-0.1, -0.05) is 11.2 Å². The summed E-state index contributed by atoms with van der Waals surface area (Å²) in [4.78, 5) is 26.3. The van der Waals surface area contributed by atoms with E-state index in [9.17, 15) is 4.79 Å². The first kappa shape index (κ1) is 17.3. The van der Waals surface area contributed by atoms with E-state index >= 15 is 0 Å². The largest absolute Gasteiger partial charge is 0.338 e. The van der Waals surface area contributed by atoms with Crippen LogP contribution in [0.5, 0.6) is 0 Å². The summed E-state index contributed by atoms with van der Waals surface area (Å²) < 4.78 is 5.35. The summed E-state index contributed by atoms with van der Waals surface area (Å²) in [7, 11) is 0. The highest BCUT2D eigenvalue weighted by Gasteiger charge is 2.25. The van der Waals surface area contributed by atoms with Gasteiger partial charge < -0.3 is 15.2 Å². The van der Waals surface area contributed by atoms with Gasteiger partial charge in [-0.3, -0.25) is 9.69 Å². The Kier molecular flexibility index (Phi) is 5.07. The first-order valence-corrected chi connectivity index (χ1v) is 10.0. The molecule has 0 atom stereocenters. The Labute approximate surface area is 158 Å². The topological polar surface area (TPSA) is 101 Å². The lowest BCUT2D eigenvalue weighted by molar-refractivity contribution is 0.0610. The zero-order valence-electron chi connectivity index (χ0n) is 14.0. The molecule has 8 nitrogen and oxygen atoms in total. The lowest BCUT2D eigenvalue weighted by atomic mass is 10.3. The fraction of sp³-hybridized carbons (Fsp3) is 0.375. The van der Waals surface area contributed by atoms with Crippen molar-refractivity contribution in [3.63, 3.8) is 0 Å². The molecule has 4 heterocycles. The van der Waals surface area contributed by atoms with Crippen molar-refractivity contribution in [3.8, 4) is 10.7 Å². The van der Waals surface area contributed by atoms with Crippen LogP contribution in [0.1, 0.15) is 21.4 Å². The number of hydrogen-bond acceptors (Lipinski definition) is 9. The van der Waals surface area contributed by atoms with Crippen LogP contribution in [0.3, 0.4) is 0 Å². The molecule has 0 aliphatic carbocycles. The lowest BCUT2D eigenvalue weighted by Gasteiger charge is -2.33. The summed E-state index contributed by atoms with van der Waals surface area (Å²) >= 11 is 3.01. The van der Waals surface area contributed by atoms with Crippen molar-refractivity contribution in [1.29, 1.82) is 0 Å². The van der Waals surface area contributed by atoms with Gasteiger partial charge in [0.2, 0.25) is 11.7 Å². The quantitative estimate of drug-likeness (QED) is 0.707. The molecule has 3 aromatic heterocycles. The summed E-state index contributed by atoms with van der Waals surface area (Å²) in [6.07, 6.45) is 0. The molecule has 1 amide bonds. The molecule has 3 aromatic rings. The van der Waals surface area contributed by atoms with Gasteiger partial charge in [0, 0.05) is 38.1 Å².